The predicted octanol–water partition coefficient (Wildman–Crippen LogP) is 4.81. The van der Waals surface area contributed by atoms with E-state index >= 15 is 0 Å². The molecule has 3 nitrogen and oxygen atoms in total. The van der Waals surface area contributed by atoms with Crippen LogP contribution in [0.25, 0.3) is 0 Å². The Bertz CT molecular complexity index is 625. The number of aromatic nitrogens is 2. The molecule has 0 fully saturated rings. The van der Waals surface area contributed by atoms with Crippen molar-refractivity contribution in [3.05, 3.63) is 40.7 Å². The monoisotopic (exact) mass is 324 g/mol. The fourth-order valence-electron chi connectivity index (χ4n) is 2.58. The molecule has 0 radical (unpaired) electrons. The van der Waals surface area contributed by atoms with Gasteiger partial charge in [0.15, 0.2) is 0 Å². The van der Waals surface area contributed by atoms with Crippen LogP contribution in [0, 0.1) is 12.3 Å². The first kappa shape index (κ1) is 16.4. The van der Waals surface area contributed by atoms with Crippen molar-refractivity contribution in [1.29, 1.82) is 0 Å². The second-order valence-electron chi connectivity index (χ2n) is 6.00. The Kier molecular flexibility index (Phi) is 4.41. The molecule has 5 heteroatoms. The van der Waals surface area contributed by atoms with Gasteiger partial charge >= 0.3 is 0 Å². The van der Waals surface area contributed by atoms with E-state index in [0.717, 1.165) is 16.3 Å². The van der Waals surface area contributed by atoms with Gasteiger partial charge in [0, 0.05) is 15.8 Å². The minimum atomic E-state index is -0.178. The van der Waals surface area contributed by atoms with Gasteiger partial charge in [0.1, 0.15) is 5.76 Å². The van der Waals surface area contributed by atoms with Crippen LogP contribution in [0.3, 0.4) is 0 Å². The molecule has 0 saturated heterocycles. The van der Waals surface area contributed by atoms with E-state index in [1.54, 1.807) is 25.1 Å². The van der Waals surface area contributed by atoms with Crippen LogP contribution < -0.4 is 0 Å². The van der Waals surface area contributed by atoms with Gasteiger partial charge in [0.25, 0.3) is 0 Å². The summed E-state index contributed by atoms with van der Waals surface area (Å²) in [6.07, 6.45) is 6.17. The van der Waals surface area contributed by atoms with Gasteiger partial charge in [-0.1, -0.05) is 11.6 Å². The van der Waals surface area contributed by atoms with E-state index in [4.69, 9.17) is 16.3 Å². The van der Waals surface area contributed by atoms with Gasteiger partial charge < -0.3 is 4.74 Å². The summed E-state index contributed by atoms with van der Waals surface area (Å²) in [6, 6.07) is 0. The molecular weight excluding hydrogens is 304 g/mol. The second-order valence-corrected chi connectivity index (χ2v) is 8.01. The van der Waals surface area contributed by atoms with Crippen LogP contribution in [0.1, 0.15) is 33.4 Å². The Hall–Kier alpha value is -1.00. The highest BCUT2D eigenvalue weighted by molar-refractivity contribution is 8.00. The molecule has 0 N–H and O–H groups in total. The van der Waals surface area contributed by atoms with Gasteiger partial charge in [0.2, 0.25) is 5.28 Å². The summed E-state index contributed by atoms with van der Waals surface area (Å²) in [7, 11) is 1.73. The minimum Gasteiger partial charge on any atom is -0.500 e. The third-order valence-electron chi connectivity index (χ3n) is 4.13. The Morgan fingerprint density at radius 3 is 2.57 bits per heavy atom. The number of thioether (sulfide) groups is 1. The molecule has 0 amide bonds. The molecule has 1 aromatic rings. The molecule has 0 aromatic carbocycles. The Morgan fingerprint density at radius 1 is 1.33 bits per heavy atom. The van der Waals surface area contributed by atoms with E-state index in [2.05, 4.69) is 49.8 Å². The lowest BCUT2D eigenvalue weighted by atomic mass is 9.78. The van der Waals surface area contributed by atoms with E-state index in [1.807, 2.05) is 6.92 Å². The van der Waals surface area contributed by atoms with Crippen molar-refractivity contribution in [1.82, 2.24) is 9.97 Å². The molecule has 0 aliphatic heterocycles. The van der Waals surface area contributed by atoms with Gasteiger partial charge in [0.05, 0.1) is 18.2 Å². The first-order valence-corrected chi connectivity index (χ1v) is 8.03. The summed E-state index contributed by atoms with van der Waals surface area (Å²) >= 11 is 7.59. The van der Waals surface area contributed by atoms with Crippen LogP contribution >= 0.6 is 23.4 Å². The van der Waals surface area contributed by atoms with E-state index in [9.17, 15) is 0 Å². The molecule has 1 unspecified atom stereocenters. The summed E-state index contributed by atoms with van der Waals surface area (Å²) in [5.41, 5.74) is 1.95. The summed E-state index contributed by atoms with van der Waals surface area (Å²) in [6.45, 7) is 10.7. The molecule has 1 aliphatic rings. The molecule has 1 aromatic heterocycles. The first-order valence-electron chi connectivity index (χ1n) is 6.83. The summed E-state index contributed by atoms with van der Waals surface area (Å²) in [5, 5.41) is 0.287. The van der Waals surface area contributed by atoms with Gasteiger partial charge in [-0.05, 0) is 52.3 Å². The Morgan fingerprint density at radius 2 is 2.00 bits per heavy atom. The zero-order valence-corrected chi connectivity index (χ0v) is 14.9. The van der Waals surface area contributed by atoms with Crippen molar-refractivity contribution in [2.75, 3.05) is 7.11 Å². The number of halogens is 1. The fraction of sp³-hybridized carbons (Fsp3) is 0.500. The highest BCUT2D eigenvalue weighted by atomic mass is 35.5. The van der Waals surface area contributed by atoms with E-state index < -0.39 is 0 Å². The second kappa shape index (κ2) is 5.65. The molecule has 0 spiro atoms. The van der Waals surface area contributed by atoms with Crippen LogP contribution in [0.2, 0.25) is 5.28 Å². The summed E-state index contributed by atoms with van der Waals surface area (Å²) in [4.78, 5) is 9.37. The highest BCUT2D eigenvalue weighted by Crippen LogP contribution is 2.53. The standard InChI is InChI=1S/C16H21ClN2OS/c1-10-7-13(20-6)16(5,8-10)15(3,4)21-12-9-18-14(17)19-11(12)2/h7-9H,1-6H3. The average molecular weight is 325 g/mol. The van der Waals surface area contributed by atoms with Crippen molar-refractivity contribution < 1.29 is 4.74 Å². The van der Waals surface area contributed by atoms with E-state index in [0.29, 0.717) is 0 Å². The maximum atomic E-state index is 5.84. The lowest BCUT2D eigenvalue weighted by Gasteiger charge is -2.41. The number of methoxy groups -OCH3 is 1. The molecule has 0 bridgehead atoms. The van der Waals surface area contributed by atoms with Crippen molar-refractivity contribution in [2.45, 2.75) is 44.3 Å². The first-order chi connectivity index (χ1) is 9.69. The van der Waals surface area contributed by atoms with Gasteiger partial charge in [-0.25, -0.2) is 9.97 Å². The quantitative estimate of drug-likeness (QED) is 0.588. The van der Waals surface area contributed by atoms with Crippen LogP contribution in [0.5, 0.6) is 0 Å². The molecule has 1 atom stereocenters. The number of nitrogens with zero attached hydrogens (tertiary/aromatic N) is 2. The van der Waals surface area contributed by atoms with Crippen molar-refractivity contribution in [3.8, 4) is 0 Å². The molecule has 0 saturated carbocycles. The summed E-state index contributed by atoms with van der Waals surface area (Å²) in [5.74, 6) is 0.991. The topological polar surface area (TPSA) is 35.0 Å². The number of rotatable bonds is 4. The predicted molar refractivity (Wildman–Crippen MR) is 88.7 cm³/mol. The van der Waals surface area contributed by atoms with E-state index in [1.165, 1.54) is 5.57 Å². The zero-order chi connectivity index (χ0) is 15.8. The SMILES string of the molecule is COC1=CC(C)=CC1(C)C(C)(C)Sc1cnc(Cl)nc1C. The third kappa shape index (κ3) is 2.97. The number of aryl methyl sites for hydroxylation is 1. The lowest BCUT2D eigenvalue weighted by molar-refractivity contribution is 0.194. The summed E-state index contributed by atoms with van der Waals surface area (Å²) < 4.78 is 5.50. The van der Waals surface area contributed by atoms with Crippen molar-refractivity contribution >= 4 is 23.4 Å². The fourth-order valence-corrected chi connectivity index (χ4v) is 3.97. The minimum absolute atomic E-state index is 0.117. The van der Waals surface area contributed by atoms with E-state index in [-0.39, 0.29) is 15.4 Å². The largest absolute Gasteiger partial charge is 0.500 e. The van der Waals surface area contributed by atoms with Crippen LogP contribution in [0.4, 0.5) is 0 Å². The number of ether oxygens (including phenoxy) is 1. The molecule has 114 valence electrons. The number of hydrogen-bond donors (Lipinski definition) is 0. The maximum Gasteiger partial charge on any atom is 0.222 e. The van der Waals surface area contributed by atoms with Gasteiger partial charge in [-0.2, -0.15) is 0 Å². The zero-order valence-electron chi connectivity index (χ0n) is 13.3. The Balaban J connectivity index is 2.36. The van der Waals surface area contributed by atoms with Crippen LogP contribution in [-0.2, 0) is 4.74 Å². The molecule has 2 rings (SSSR count). The van der Waals surface area contributed by atoms with Crippen molar-refractivity contribution in [3.63, 3.8) is 0 Å². The Labute approximate surface area is 135 Å². The number of hydrogen-bond acceptors (Lipinski definition) is 4. The molecular formula is C16H21ClN2OS. The normalized spacial score (nSPS) is 22.0. The molecule has 1 aliphatic carbocycles. The van der Waals surface area contributed by atoms with Gasteiger partial charge in [-0.3, -0.25) is 0 Å². The third-order valence-corrected chi connectivity index (χ3v) is 5.86. The van der Waals surface area contributed by atoms with Gasteiger partial charge in [-0.15, -0.1) is 11.8 Å². The lowest BCUT2D eigenvalue weighted by Crippen LogP contribution is -2.38. The van der Waals surface area contributed by atoms with Crippen LogP contribution in [0.15, 0.2) is 34.6 Å². The van der Waals surface area contributed by atoms with Crippen LogP contribution in [-0.4, -0.2) is 21.8 Å². The molecule has 21 heavy (non-hydrogen) atoms. The molecule has 1 heterocycles. The number of allylic oxidation sites excluding steroid dienone is 3. The average Bonchev–Trinajstić information content (AvgIpc) is 2.69. The highest BCUT2D eigenvalue weighted by Gasteiger charge is 2.46. The smallest absolute Gasteiger partial charge is 0.222 e. The maximum absolute atomic E-state index is 5.84. The van der Waals surface area contributed by atoms with Crippen molar-refractivity contribution in [2.24, 2.45) is 5.41 Å².